The van der Waals surface area contributed by atoms with Crippen LogP contribution in [0.1, 0.15) is 65.2 Å². The van der Waals surface area contributed by atoms with Crippen LogP contribution in [0.15, 0.2) is 0 Å². The molecule has 0 aromatic rings. The van der Waals surface area contributed by atoms with Gasteiger partial charge in [0, 0.05) is 0 Å². The standard InChI is InChI=1S/C16H36S2.2HI/c1-5-17(3)15-13-11-9-7-8-10-12-14-16-18(4)6-2;;/h5-16H2,1-4H3;2*1H/q+2;;/p-2. The molecule has 2 atom stereocenters. The maximum absolute atomic E-state index is 2.41. The predicted octanol–water partition coefficient (Wildman–Crippen LogP) is -1.35. The van der Waals surface area contributed by atoms with Crippen LogP contribution in [0.25, 0.3) is 0 Å². The van der Waals surface area contributed by atoms with Gasteiger partial charge in [0.2, 0.25) is 0 Å². The van der Waals surface area contributed by atoms with Crippen molar-refractivity contribution in [2.75, 3.05) is 35.5 Å². The highest BCUT2D eigenvalue weighted by Crippen LogP contribution is 2.10. The molecular weight excluding hydrogens is 510 g/mol. The van der Waals surface area contributed by atoms with Crippen molar-refractivity contribution < 1.29 is 48.0 Å². The van der Waals surface area contributed by atoms with E-state index in [0.29, 0.717) is 21.8 Å². The van der Waals surface area contributed by atoms with Crippen molar-refractivity contribution in [3.05, 3.63) is 0 Å². The van der Waals surface area contributed by atoms with Gasteiger partial charge in [-0.1, -0.05) is 25.7 Å². The normalized spacial score (nSPS) is 13.2. The molecule has 0 N–H and O–H groups in total. The average Bonchev–Trinajstić information content (AvgIpc) is 2.40. The van der Waals surface area contributed by atoms with E-state index in [2.05, 4.69) is 26.4 Å². The highest BCUT2D eigenvalue weighted by atomic mass is 127. The summed E-state index contributed by atoms with van der Waals surface area (Å²) in [5.74, 6) is 5.73. The van der Waals surface area contributed by atoms with Crippen molar-refractivity contribution in [1.82, 2.24) is 0 Å². The van der Waals surface area contributed by atoms with Crippen molar-refractivity contribution in [3.63, 3.8) is 0 Å². The van der Waals surface area contributed by atoms with E-state index in [1.54, 1.807) is 0 Å². The minimum absolute atomic E-state index is 0. The lowest BCUT2D eigenvalue weighted by Gasteiger charge is -2.03. The number of rotatable bonds is 13. The van der Waals surface area contributed by atoms with Gasteiger partial charge in [0.05, 0.1) is 12.5 Å². The first-order valence-electron chi connectivity index (χ1n) is 7.89. The molecule has 0 aliphatic heterocycles. The molecule has 20 heavy (non-hydrogen) atoms. The molecule has 0 saturated heterocycles. The molecule has 0 fully saturated rings. The summed E-state index contributed by atoms with van der Waals surface area (Å²) < 4.78 is 0. The summed E-state index contributed by atoms with van der Waals surface area (Å²) in [4.78, 5) is 0. The molecule has 0 aliphatic carbocycles. The molecule has 0 aromatic carbocycles. The van der Waals surface area contributed by atoms with Gasteiger partial charge >= 0.3 is 0 Å². The zero-order valence-electron chi connectivity index (χ0n) is 14.1. The Bertz CT molecular complexity index is 151. The summed E-state index contributed by atoms with van der Waals surface area (Å²) in [6, 6.07) is 0. The lowest BCUT2D eigenvalue weighted by molar-refractivity contribution is -0.001000. The van der Waals surface area contributed by atoms with Crippen LogP contribution in [0.4, 0.5) is 0 Å². The zero-order chi connectivity index (χ0) is 13.6. The fourth-order valence-corrected chi connectivity index (χ4v) is 4.02. The molecule has 2 unspecified atom stereocenters. The van der Waals surface area contributed by atoms with Crippen LogP contribution < -0.4 is 48.0 Å². The largest absolute Gasteiger partial charge is 1.00 e. The van der Waals surface area contributed by atoms with E-state index in [1.807, 2.05) is 0 Å². The molecule has 0 amide bonds. The van der Waals surface area contributed by atoms with Gasteiger partial charge in [0.15, 0.2) is 0 Å². The smallest absolute Gasteiger partial charge is 0.107 e. The fraction of sp³-hybridized carbons (Fsp3) is 1.00. The summed E-state index contributed by atoms with van der Waals surface area (Å²) in [5.41, 5.74) is 0. The van der Waals surface area contributed by atoms with E-state index in [0.717, 1.165) is 0 Å². The van der Waals surface area contributed by atoms with Crippen molar-refractivity contribution in [1.29, 1.82) is 0 Å². The third kappa shape index (κ3) is 20.2. The number of unbranched alkanes of at least 4 members (excludes halogenated alkanes) is 7. The minimum atomic E-state index is 0. The molecule has 4 heteroatoms. The summed E-state index contributed by atoms with van der Waals surface area (Å²) in [6.45, 7) is 4.65. The molecule has 0 nitrogen and oxygen atoms in total. The Morgan fingerprint density at radius 3 is 1.00 bits per heavy atom. The van der Waals surface area contributed by atoms with Gasteiger partial charge in [-0.3, -0.25) is 0 Å². The van der Waals surface area contributed by atoms with Gasteiger partial charge in [-0.25, -0.2) is 0 Å². The molecule has 0 heterocycles. The summed E-state index contributed by atoms with van der Waals surface area (Å²) in [7, 11) is 1.41. The van der Waals surface area contributed by atoms with Gasteiger partial charge in [0.1, 0.15) is 23.0 Å². The highest BCUT2D eigenvalue weighted by molar-refractivity contribution is 7.96. The van der Waals surface area contributed by atoms with Crippen molar-refractivity contribution >= 4 is 21.8 Å². The van der Waals surface area contributed by atoms with Gasteiger partial charge in [0.25, 0.3) is 0 Å². The fourth-order valence-electron chi connectivity index (χ4n) is 2.05. The Kier molecular flexibility index (Phi) is 28.6. The molecule has 0 rings (SSSR count). The second-order valence-electron chi connectivity index (χ2n) is 5.38. The summed E-state index contributed by atoms with van der Waals surface area (Å²) in [5, 5.41) is 0. The quantitative estimate of drug-likeness (QED) is 0.152. The van der Waals surface area contributed by atoms with Crippen molar-refractivity contribution in [3.8, 4) is 0 Å². The Labute approximate surface area is 169 Å². The molecule has 0 saturated carbocycles. The molecule has 0 bridgehead atoms. The molecular formula is C16H36I2S2. The average molecular weight is 546 g/mol. The van der Waals surface area contributed by atoms with Crippen LogP contribution in [0.2, 0.25) is 0 Å². The SMILES string of the molecule is CC[S+](C)CCCCCCCCCC[S+](C)CC.[I-].[I-]. The third-order valence-corrected chi connectivity index (χ3v) is 7.66. The second-order valence-corrected chi connectivity index (χ2v) is 10.5. The summed E-state index contributed by atoms with van der Waals surface area (Å²) in [6.07, 6.45) is 16.7. The van der Waals surface area contributed by atoms with Crippen LogP contribution in [-0.4, -0.2) is 35.5 Å². The number of hydrogen-bond donors (Lipinski definition) is 0. The third-order valence-electron chi connectivity index (χ3n) is 3.72. The Hall–Kier alpha value is 2.16. The molecule has 0 radical (unpaired) electrons. The van der Waals surface area contributed by atoms with Crippen LogP contribution >= 0.6 is 0 Å². The highest BCUT2D eigenvalue weighted by Gasteiger charge is 2.06. The van der Waals surface area contributed by atoms with E-state index < -0.39 is 0 Å². The topological polar surface area (TPSA) is 0 Å². The van der Waals surface area contributed by atoms with Gasteiger partial charge < -0.3 is 48.0 Å². The van der Waals surface area contributed by atoms with Crippen LogP contribution in [0.3, 0.4) is 0 Å². The molecule has 126 valence electrons. The first-order chi connectivity index (χ1) is 8.70. The number of hydrogen-bond acceptors (Lipinski definition) is 0. The van der Waals surface area contributed by atoms with Crippen LogP contribution in [0.5, 0.6) is 0 Å². The van der Waals surface area contributed by atoms with Crippen LogP contribution in [-0.2, 0) is 21.8 Å². The number of halogens is 2. The first kappa shape index (κ1) is 27.0. The Morgan fingerprint density at radius 2 is 0.750 bits per heavy atom. The lowest BCUT2D eigenvalue weighted by atomic mass is 10.1. The van der Waals surface area contributed by atoms with Crippen LogP contribution in [0, 0.1) is 0 Å². The second kappa shape index (κ2) is 21.2. The van der Waals surface area contributed by atoms with E-state index >= 15 is 0 Å². The zero-order valence-corrected chi connectivity index (χ0v) is 20.0. The van der Waals surface area contributed by atoms with Gasteiger partial charge in [-0.2, -0.15) is 0 Å². The maximum atomic E-state index is 2.41. The van der Waals surface area contributed by atoms with E-state index in [1.165, 1.54) is 74.4 Å². The Balaban J connectivity index is -0.00000144. The minimum Gasteiger partial charge on any atom is -1.00 e. The summed E-state index contributed by atoms with van der Waals surface area (Å²) >= 11 is 0. The molecule has 0 spiro atoms. The van der Waals surface area contributed by atoms with E-state index in [9.17, 15) is 0 Å². The Morgan fingerprint density at radius 1 is 0.500 bits per heavy atom. The molecule has 0 aliphatic rings. The van der Waals surface area contributed by atoms with Gasteiger partial charge in [-0.15, -0.1) is 0 Å². The van der Waals surface area contributed by atoms with Gasteiger partial charge in [-0.05, 0) is 61.3 Å². The maximum Gasteiger partial charge on any atom is 0.107 e. The lowest BCUT2D eigenvalue weighted by Crippen LogP contribution is -3.00. The first-order valence-corrected chi connectivity index (χ1v) is 11.8. The molecule has 0 aromatic heterocycles. The van der Waals surface area contributed by atoms with Crippen molar-refractivity contribution in [2.45, 2.75) is 65.2 Å². The predicted molar refractivity (Wildman–Crippen MR) is 94.3 cm³/mol. The van der Waals surface area contributed by atoms with E-state index in [4.69, 9.17) is 0 Å². The van der Waals surface area contributed by atoms with Crippen molar-refractivity contribution in [2.24, 2.45) is 0 Å². The van der Waals surface area contributed by atoms with E-state index in [-0.39, 0.29) is 48.0 Å². The monoisotopic (exact) mass is 546 g/mol.